The largest absolute Gasteiger partial charge is 0.503 e. The summed E-state index contributed by atoms with van der Waals surface area (Å²) in [6.45, 7) is 0. The molecule has 1 amide bonds. The number of ketones is 1. The molecule has 0 saturated heterocycles. The number of ether oxygens (including phenoxy) is 1. The lowest BCUT2D eigenvalue weighted by Crippen LogP contribution is -2.30. The Balaban J connectivity index is 1.66. The number of rotatable bonds is 5. The maximum absolute atomic E-state index is 13.7. The minimum Gasteiger partial charge on any atom is -0.503 e. The Kier molecular flexibility index (Phi) is 5.15. The van der Waals surface area contributed by atoms with E-state index >= 15 is 0 Å². The van der Waals surface area contributed by atoms with Crippen molar-refractivity contribution in [3.05, 3.63) is 107 Å². The lowest BCUT2D eigenvalue weighted by molar-refractivity contribution is -0.117. The van der Waals surface area contributed by atoms with Gasteiger partial charge in [0.2, 0.25) is 5.78 Å². The molecule has 7 heteroatoms. The van der Waals surface area contributed by atoms with Gasteiger partial charge in [0.05, 0.1) is 18.7 Å². The highest BCUT2D eigenvalue weighted by Gasteiger charge is 2.45. The average Bonchev–Trinajstić information content (AvgIpc) is 3.38. The zero-order valence-electron chi connectivity index (χ0n) is 17.5. The highest BCUT2D eigenvalue weighted by atomic mass is 35.5. The second-order valence-corrected chi connectivity index (χ2v) is 7.99. The molecule has 0 bridgehead atoms. The van der Waals surface area contributed by atoms with Crippen molar-refractivity contribution in [2.75, 3.05) is 12.0 Å². The number of Topliss-reactive ketones (excluding diaryl/α,β-unsaturated/α-hetero) is 1. The van der Waals surface area contributed by atoms with Crippen molar-refractivity contribution in [3.63, 3.8) is 0 Å². The number of fused-ring (bicyclic) bond motifs is 1. The monoisotopic (exact) mass is 459 g/mol. The van der Waals surface area contributed by atoms with Gasteiger partial charge in [0, 0.05) is 22.2 Å². The van der Waals surface area contributed by atoms with Crippen molar-refractivity contribution < 1.29 is 23.8 Å². The number of anilines is 1. The standard InChI is InChI=1S/C26H18ClNO5/c1-32-20-14-17(27)12-16-13-19(33-25(16)20)23(29)21-22(15-8-4-2-5-9-15)28(26(31)24(21)30)18-10-6-3-7-11-18/h2-14,22,30H,1H3. The van der Waals surface area contributed by atoms with Gasteiger partial charge in [0.25, 0.3) is 5.91 Å². The van der Waals surface area contributed by atoms with Gasteiger partial charge in [0.1, 0.15) is 0 Å². The summed E-state index contributed by atoms with van der Waals surface area (Å²) in [6, 6.07) is 21.9. The van der Waals surface area contributed by atoms with E-state index in [1.54, 1.807) is 48.5 Å². The van der Waals surface area contributed by atoms with Crippen molar-refractivity contribution in [2.45, 2.75) is 6.04 Å². The van der Waals surface area contributed by atoms with Gasteiger partial charge in [0.15, 0.2) is 22.9 Å². The van der Waals surface area contributed by atoms with Crippen LogP contribution >= 0.6 is 11.6 Å². The van der Waals surface area contributed by atoms with Crippen LogP contribution in [0.2, 0.25) is 5.02 Å². The van der Waals surface area contributed by atoms with Crippen LogP contribution in [0.5, 0.6) is 5.75 Å². The number of hydrogen-bond acceptors (Lipinski definition) is 5. The van der Waals surface area contributed by atoms with Gasteiger partial charge in [-0.3, -0.25) is 14.5 Å². The van der Waals surface area contributed by atoms with Crippen LogP contribution in [0.4, 0.5) is 5.69 Å². The molecule has 2 heterocycles. The fraction of sp³-hybridized carbons (Fsp3) is 0.0769. The van der Waals surface area contributed by atoms with Gasteiger partial charge in [-0.2, -0.15) is 0 Å². The minimum absolute atomic E-state index is 0.0317. The van der Waals surface area contributed by atoms with Gasteiger partial charge < -0.3 is 14.3 Å². The van der Waals surface area contributed by atoms with E-state index in [4.69, 9.17) is 20.8 Å². The van der Waals surface area contributed by atoms with Gasteiger partial charge in [-0.1, -0.05) is 60.1 Å². The normalized spacial score (nSPS) is 16.0. The van der Waals surface area contributed by atoms with E-state index in [-0.39, 0.29) is 11.3 Å². The van der Waals surface area contributed by atoms with Crippen LogP contribution in [0.25, 0.3) is 11.0 Å². The molecule has 6 nitrogen and oxygen atoms in total. The number of benzene rings is 3. The molecule has 1 N–H and O–H groups in total. The van der Waals surface area contributed by atoms with E-state index in [1.165, 1.54) is 18.1 Å². The number of amides is 1. The summed E-state index contributed by atoms with van der Waals surface area (Å²) in [5.41, 5.74) is 1.53. The molecule has 33 heavy (non-hydrogen) atoms. The first kappa shape index (κ1) is 20.8. The Bertz CT molecular complexity index is 1410. The van der Waals surface area contributed by atoms with Crippen molar-refractivity contribution in [2.24, 2.45) is 0 Å². The van der Waals surface area contributed by atoms with Gasteiger partial charge >= 0.3 is 0 Å². The number of nitrogens with zero attached hydrogens (tertiary/aromatic N) is 1. The Hall–Kier alpha value is -4.03. The predicted molar refractivity (Wildman–Crippen MR) is 125 cm³/mol. The number of aliphatic hydroxyl groups excluding tert-OH is 1. The lowest BCUT2D eigenvalue weighted by atomic mass is 9.95. The van der Waals surface area contributed by atoms with E-state index in [9.17, 15) is 14.7 Å². The number of para-hydroxylation sites is 1. The summed E-state index contributed by atoms with van der Waals surface area (Å²) in [5, 5.41) is 11.9. The summed E-state index contributed by atoms with van der Waals surface area (Å²) in [6.07, 6.45) is 0. The Labute approximate surface area is 194 Å². The van der Waals surface area contributed by atoms with Crippen LogP contribution in [0.3, 0.4) is 0 Å². The van der Waals surface area contributed by atoms with Crippen molar-refractivity contribution >= 4 is 39.9 Å². The van der Waals surface area contributed by atoms with Crippen molar-refractivity contribution in [1.82, 2.24) is 0 Å². The molecule has 3 aromatic carbocycles. The molecule has 1 aromatic heterocycles. The lowest BCUT2D eigenvalue weighted by Gasteiger charge is -2.26. The summed E-state index contributed by atoms with van der Waals surface area (Å²) in [7, 11) is 1.47. The molecule has 1 aliphatic heterocycles. The Morgan fingerprint density at radius 2 is 1.70 bits per heavy atom. The highest BCUT2D eigenvalue weighted by molar-refractivity contribution is 6.31. The zero-order chi connectivity index (χ0) is 23.1. The second-order valence-electron chi connectivity index (χ2n) is 7.55. The molecule has 0 fully saturated rings. The van der Waals surface area contributed by atoms with E-state index in [1.807, 2.05) is 24.3 Å². The molecule has 0 saturated carbocycles. The van der Waals surface area contributed by atoms with E-state index < -0.39 is 23.5 Å². The van der Waals surface area contributed by atoms with Crippen LogP contribution in [-0.2, 0) is 4.79 Å². The molecule has 1 atom stereocenters. The summed E-state index contributed by atoms with van der Waals surface area (Å²) in [5.74, 6) is -1.51. The smallest absolute Gasteiger partial charge is 0.294 e. The maximum Gasteiger partial charge on any atom is 0.294 e. The number of hydrogen-bond donors (Lipinski definition) is 1. The first-order valence-corrected chi connectivity index (χ1v) is 10.6. The molecule has 4 aromatic rings. The van der Waals surface area contributed by atoms with Crippen LogP contribution in [0.1, 0.15) is 22.2 Å². The predicted octanol–water partition coefficient (Wildman–Crippen LogP) is 5.88. The summed E-state index contributed by atoms with van der Waals surface area (Å²) < 4.78 is 11.1. The third-order valence-electron chi connectivity index (χ3n) is 5.59. The van der Waals surface area contributed by atoms with Gasteiger partial charge in [-0.05, 0) is 29.8 Å². The quantitative estimate of drug-likeness (QED) is 0.377. The summed E-state index contributed by atoms with van der Waals surface area (Å²) in [4.78, 5) is 28.2. The SMILES string of the molecule is COc1cc(Cl)cc2cc(C(=O)C3=C(O)C(=O)N(c4ccccc4)C3c3ccccc3)oc12. The van der Waals surface area contributed by atoms with E-state index in [0.717, 1.165) is 0 Å². The molecule has 5 rings (SSSR count). The molecule has 0 spiro atoms. The third-order valence-corrected chi connectivity index (χ3v) is 5.81. The number of furan rings is 1. The van der Waals surface area contributed by atoms with Crippen molar-refractivity contribution in [1.29, 1.82) is 0 Å². The summed E-state index contributed by atoms with van der Waals surface area (Å²) >= 11 is 6.14. The molecule has 1 aliphatic rings. The highest BCUT2D eigenvalue weighted by Crippen LogP contribution is 2.42. The van der Waals surface area contributed by atoms with Gasteiger partial charge in [-0.25, -0.2) is 0 Å². The zero-order valence-corrected chi connectivity index (χ0v) is 18.2. The topological polar surface area (TPSA) is 80.0 Å². The number of carbonyl (C=O) groups excluding carboxylic acids is 2. The molecule has 0 aliphatic carbocycles. The molecular formula is C26H18ClNO5. The number of aliphatic hydroxyl groups is 1. The van der Waals surface area contributed by atoms with Crippen LogP contribution in [0.15, 0.2) is 94.6 Å². The van der Waals surface area contributed by atoms with Crippen LogP contribution in [-0.4, -0.2) is 23.9 Å². The number of methoxy groups -OCH3 is 1. The van der Waals surface area contributed by atoms with Crippen molar-refractivity contribution in [3.8, 4) is 5.75 Å². The molecule has 164 valence electrons. The van der Waals surface area contributed by atoms with Crippen LogP contribution in [0, 0.1) is 0 Å². The third kappa shape index (κ3) is 3.45. The van der Waals surface area contributed by atoms with Gasteiger partial charge in [-0.15, -0.1) is 0 Å². The first-order valence-electron chi connectivity index (χ1n) is 10.2. The molecular weight excluding hydrogens is 442 g/mol. The Morgan fingerprint density at radius 3 is 2.36 bits per heavy atom. The van der Waals surface area contributed by atoms with Crippen LogP contribution < -0.4 is 9.64 Å². The second kappa shape index (κ2) is 8.15. The first-order chi connectivity index (χ1) is 16.0. The maximum atomic E-state index is 13.7. The Morgan fingerprint density at radius 1 is 1.03 bits per heavy atom. The van der Waals surface area contributed by atoms with E-state index in [2.05, 4.69) is 0 Å². The molecule has 1 unspecified atom stereocenters. The number of carbonyl (C=O) groups is 2. The fourth-order valence-electron chi connectivity index (χ4n) is 4.13. The minimum atomic E-state index is -0.827. The molecule has 0 radical (unpaired) electrons. The van der Waals surface area contributed by atoms with E-state index in [0.29, 0.717) is 33.0 Å². The fourth-order valence-corrected chi connectivity index (χ4v) is 4.34. The number of halogens is 1. The average molecular weight is 460 g/mol.